The zero-order valence-electron chi connectivity index (χ0n) is 26.3. The van der Waals surface area contributed by atoms with Crippen molar-refractivity contribution >= 4 is 39.1 Å². The van der Waals surface area contributed by atoms with Gasteiger partial charge < -0.3 is 20.1 Å². The summed E-state index contributed by atoms with van der Waals surface area (Å²) < 4.78 is 42.5. The molecule has 45 heavy (non-hydrogen) atoms. The van der Waals surface area contributed by atoms with Crippen molar-refractivity contribution in [2.45, 2.75) is 81.8 Å². The minimum Gasteiger partial charge on any atom is -0.480 e. The van der Waals surface area contributed by atoms with Crippen LogP contribution in [0.3, 0.4) is 0 Å². The summed E-state index contributed by atoms with van der Waals surface area (Å²) in [5.74, 6) is -1.40. The van der Waals surface area contributed by atoms with E-state index in [9.17, 15) is 22.6 Å². The first-order chi connectivity index (χ1) is 21.0. The van der Waals surface area contributed by atoms with Crippen molar-refractivity contribution in [1.82, 2.24) is 5.32 Å². The van der Waals surface area contributed by atoms with Crippen molar-refractivity contribution < 1.29 is 37.0 Å². The highest BCUT2D eigenvalue weighted by Crippen LogP contribution is 2.52. The van der Waals surface area contributed by atoms with Crippen LogP contribution in [-0.2, 0) is 41.7 Å². The van der Waals surface area contributed by atoms with Crippen molar-refractivity contribution in [2.75, 3.05) is 24.5 Å². The molecule has 4 aliphatic rings. The Hall–Kier alpha value is -3.80. The molecule has 2 atom stereocenters. The van der Waals surface area contributed by atoms with Gasteiger partial charge in [-0.2, -0.15) is 13.0 Å². The zero-order chi connectivity index (χ0) is 32.6. The van der Waals surface area contributed by atoms with Crippen LogP contribution in [0, 0.1) is 0 Å². The Morgan fingerprint density at radius 1 is 1.07 bits per heavy atom. The topological polar surface area (TPSA) is 136 Å². The van der Waals surface area contributed by atoms with E-state index in [4.69, 9.17) is 9.84 Å². The largest absolute Gasteiger partial charge is 0.480 e. The van der Waals surface area contributed by atoms with Crippen LogP contribution in [-0.4, -0.2) is 72.1 Å². The van der Waals surface area contributed by atoms with Crippen molar-refractivity contribution in [3.8, 4) is 0 Å². The molecule has 6 rings (SSSR count). The molecule has 1 amide bonds. The van der Waals surface area contributed by atoms with E-state index in [0.29, 0.717) is 6.54 Å². The number of carboxylic acid groups (broad SMARTS) is 1. The molecule has 238 valence electrons. The van der Waals surface area contributed by atoms with Gasteiger partial charge in [-0.3, -0.25) is 14.1 Å². The van der Waals surface area contributed by atoms with Gasteiger partial charge in [-0.1, -0.05) is 32.6 Å². The second-order valence-corrected chi connectivity index (χ2v) is 14.9. The molecule has 3 N–H and O–H groups in total. The summed E-state index contributed by atoms with van der Waals surface area (Å²) >= 11 is 0. The Labute approximate surface area is 263 Å². The molecule has 4 aliphatic heterocycles. The molecule has 2 aromatic rings. The Kier molecular flexibility index (Phi) is 7.37. The lowest BCUT2D eigenvalue weighted by molar-refractivity contribution is -0.445. The van der Waals surface area contributed by atoms with E-state index in [2.05, 4.69) is 68.1 Å². The van der Waals surface area contributed by atoms with Gasteiger partial charge in [0.25, 0.3) is 10.1 Å². The molecule has 2 aromatic carbocycles. The number of rotatable bonds is 7. The number of benzene rings is 2. The molecule has 10 nitrogen and oxygen atoms in total. The molecular weight excluding hydrogens is 594 g/mol. The molecule has 0 saturated heterocycles. The third-order valence-corrected chi connectivity index (χ3v) is 10.7. The highest BCUT2D eigenvalue weighted by atomic mass is 32.2. The number of aliphatic carboxylic acids is 1. The van der Waals surface area contributed by atoms with Crippen LogP contribution < -0.4 is 10.2 Å². The average Bonchev–Trinajstić information content (AvgIpc) is 3.33. The first kappa shape index (κ1) is 31.2. The number of carbonyl (C=O) groups excluding carboxylic acids is 1. The Morgan fingerprint density at radius 3 is 2.49 bits per heavy atom. The SMILES string of the molecule is C=C1C2=[N+](CCC1OC1CCN3C(=C1C)C(C)(C)c1cc(CC(=O)NCC(=O)O)ccc13)c1ccc(S(=O)(=O)O)cc1C2(C)C. The van der Waals surface area contributed by atoms with Crippen molar-refractivity contribution in [3.63, 3.8) is 0 Å². The van der Waals surface area contributed by atoms with Crippen LogP contribution in [0.1, 0.15) is 64.2 Å². The van der Waals surface area contributed by atoms with E-state index in [1.807, 2.05) is 6.07 Å². The number of hydrogen-bond donors (Lipinski definition) is 3. The van der Waals surface area contributed by atoms with Gasteiger partial charge in [0, 0.05) is 47.0 Å². The summed E-state index contributed by atoms with van der Waals surface area (Å²) in [5.41, 5.74) is 8.25. The van der Waals surface area contributed by atoms with Crippen molar-refractivity contribution in [1.29, 1.82) is 0 Å². The number of ether oxygens (including phenoxy) is 1. The van der Waals surface area contributed by atoms with Crippen molar-refractivity contribution in [2.24, 2.45) is 0 Å². The number of amides is 1. The third-order valence-electron chi connectivity index (χ3n) is 9.89. The van der Waals surface area contributed by atoms with E-state index < -0.39 is 28.0 Å². The van der Waals surface area contributed by atoms with Crippen LogP contribution >= 0.6 is 0 Å². The molecule has 0 radical (unpaired) electrons. The van der Waals surface area contributed by atoms with Gasteiger partial charge >= 0.3 is 5.97 Å². The van der Waals surface area contributed by atoms with Crippen LogP contribution in [0.15, 0.2) is 64.7 Å². The predicted molar refractivity (Wildman–Crippen MR) is 170 cm³/mol. The fourth-order valence-corrected chi connectivity index (χ4v) is 8.39. The maximum absolute atomic E-state index is 12.3. The van der Waals surface area contributed by atoms with E-state index in [0.717, 1.165) is 64.3 Å². The lowest BCUT2D eigenvalue weighted by atomic mass is 9.77. The van der Waals surface area contributed by atoms with Gasteiger partial charge in [0.05, 0.1) is 28.9 Å². The first-order valence-corrected chi connectivity index (χ1v) is 16.7. The third kappa shape index (κ3) is 5.10. The molecule has 2 unspecified atom stereocenters. The predicted octanol–water partition coefficient (Wildman–Crippen LogP) is 4.24. The second kappa shape index (κ2) is 10.6. The van der Waals surface area contributed by atoms with E-state index in [-0.39, 0.29) is 34.8 Å². The standard InChI is InChI=1S/C34H39N3O7S/c1-19-27(11-13-36-25-9-7-21(16-29(38)35-18-30(39)40)15-23(25)33(3,4)31(19)36)44-28-12-14-37-26-10-8-22(45(41,42)43)17-24(26)34(5,6)32(37)20(28)2/h7-10,15,17,27-28H,2,11-14,16,18H2,1,3-6H3,(H2-,35,38,39,40,41,42,43)/p+1. The monoisotopic (exact) mass is 634 g/mol. The fourth-order valence-electron chi connectivity index (χ4n) is 7.89. The smallest absolute Gasteiger partial charge is 0.322 e. The summed E-state index contributed by atoms with van der Waals surface area (Å²) in [6.07, 6.45) is 1.32. The summed E-state index contributed by atoms with van der Waals surface area (Å²) in [5, 5.41) is 11.3. The van der Waals surface area contributed by atoms with Gasteiger partial charge in [0.1, 0.15) is 6.54 Å². The maximum atomic E-state index is 12.3. The summed E-state index contributed by atoms with van der Waals surface area (Å²) in [7, 11) is -4.33. The van der Waals surface area contributed by atoms with Gasteiger partial charge in [0.15, 0.2) is 12.3 Å². The molecule has 4 heterocycles. The lowest BCUT2D eigenvalue weighted by Crippen LogP contribution is -2.44. The van der Waals surface area contributed by atoms with Gasteiger partial charge in [-0.05, 0) is 62.1 Å². The summed E-state index contributed by atoms with van der Waals surface area (Å²) in [6, 6.07) is 10.8. The number of nitrogens with one attached hydrogen (secondary N) is 1. The molecule has 0 aliphatic carbocycles. The fraction of sp³-hybridized carbons (Fsp3) is 0.441. The average molecular weight is 635 g/mol. The van der Waals surface area contributed by atoms with Crippen LogP contribution in [0.2, 0.25) is 0 Å². The second-order valence-electron chi connectivity index (χ2n) is 13.5. The minimum atomic E-state index is -4.33. The van der Waals surface area contributed by atoms with Crippen LogP contribution in [0.4, 0.5) is 11.4 Å². The van der Waals surface area contributed by atoms with Gasteiger partial charge in [0.2, 0.25) is 11.6 Å². The molecule has 11 heteroatoms. The van der Waals surface area contributed by atoms with E-state index in [1.165, 1.54) is 11.8 Å². The molecule has 0 saturated carbocycles. The van der Waals surface area contributed by atoms with E-state index in [1.54, 1.807) is 12.1 Å². The molecule has 0 bridgehead atoms. The minimum absolute atomic E-state index is 0.109. The molecular formula is C34H40N3O7S+. The molecule has 0 aromatic heterocycles. The highest BCUT2D eigenvalue weighted by Gasteiger charge is 2.52. The molecule has 0 spiro atoms. The normalized spacial score (nSPS) is 23.0. The Morgan fingerprint density at radius 2 is 1.80 bits per heavy atom. The Balaban J connectivity index is 1.24. The van der Waals surface area contributed by atoms with Crippen LogP contribution in [0.25, 0.3) is 0 Å². The number of carbonyl (C=O) groups is 2. The summed E-state index contributed by atoms with van der Waals surface area (Å²) in [4.78, 5) is 25.4. The van der Waals surface area contributed by atoms with E-state index >= 15 is 0 Å². The number of carboxylic acids is 1. The quantitative estimate of drug-likeness (QED) is 0.304. The van der Waals surface area contributed by atoms with Crippen molar-refractivity contribution in [3.05, 3.63) is 76.5 Å². The van der Waals surface area contributed by atoms with Crippen LogP contribution in [0.5, 0.6) is 0 Å². The van der Waals surface area contributed by atoms with Gasteiger partial charge in [-0.15, -0.1) is 0 Å². The number of anilines is 1. The number of fused-ring (bicyclic) bond motifs is 5. The summed E-state index contributed by atoms with van der Waals surface area (Å²) in [6.45, 7) is 16.2. The highest BCUT2D eigenvalue weighted by molar-refractivity contribution is 7.85. The first-order valence-electron chi connectivity index (χ1n) is 15.2. The number of allylic oxidation sites excluding steroid dienone is 1. The zero-order valence-corrected chi connectivity index (χ0v) is 27.1. The Bertz CT molecular complexity index is 1840. The molecule has 0 fully saturated rings. The number of hydrogen-bond acceptors (Lipinski definition) is 6. The maximum Gasteiger partial charge on any atom is 0.322 e. The van der Waals surface area contributed by atoms with Gasteiger partial charge in [-0.25, -0.2) is 0 Å². The number of nitrogens with zero attached hydrogens (tertiary/aromatic N) is 2. The lowest BCUT2D eigenvalue weighted by Gasteiger charge is -2.39.